The molecule has 1 amide bonds. The highest BCUT2D eigenvalue weighted by Crippen LogP contribution is 2.15. The summed E-state index contributed by atoms with van der Waals surface area (Å²) in [5.41, 5.74) is 0.444. The molecule has 18 heavy (non-hydrogen) atoms. The predicted molar refractivity (Wildman–Crippen MR) is 65.6 cm³/mol. The first kappa shape index (κ1) is 14.0. The molecule has 0 saturated carbocycles. The molecule has 0 radical (unpaired) electrons. The fraction of sp³-hybridized carbons (Fsp3) is 0.308. The molecule has 1 aromatic carbocycles. The molecule has 96 valence electrons. The van der Waals surface area contributed by atoms with E-state index in [4.69, 9.17) is 9.84 Å². The van der Waals surface area contributed by atoms with Gasteiger partial charge < -0.3 is 9.84 Å². The van der Waals surface area contributed by atoms with E-state index in [1.54, 1.807) is 13.8 Å². The molecule has 0 aromatic heterocycles. The maximum atomic E-state index is 13.6. The van der Waals surface area contributed by atoms with E-state index in [-0.39, 0.29) is 18.4 Å². The standard InChI is InChI=1S/C13H14FNO3/c1-9(2)18-13(17)15-12-6-5-10(4-3-7-16)8-11(12)14/h5-6,8-9,16H,7H2,1-2H3,(H,15,17). The lowest BCUT2D eigenvalue weighted by Gasteiger charge is -2.10. The Morgan fingerprint density at radius 3 is 2.83 bits per heavy atom. The first-order valence-electron chi connectivity index (χ1n) is 5.40. The molecule has 0 spiro atoms. The van der Waals surface area contributed by atoms with Crippen LogP contribution in [0.1, 0.15) is 19.4 Å². The van der Waals surface area contributed by atoms with Gasteiger partial charge in [-0.25, -0.2) is 9.18 Å². The lowest BCUT2D eigenvalue weighted by Crippen LogP contribution is -2.18. The van der Waals surface area contributed by atoms with Crippen LogP contribution >= 0.6 is 0 Å². The molecule has 5 heteroatoms. The third kappa shape index (κ3) is 4.44. The Balaban J connectivity index is 2.77. The van der Waals surface area contributed by atoms with Crippen molar-refractivity contribution < 1.29 is 19.0 Å². The highest BCUT2D eigenvalue weighted by molar-refractivity contribution is 5.84. The summed E-state index contributed by atoms with van der Waals surface area (Å²) in [6.45, 7) is 3.11. The smallest absolute Gasteiger partial charge is 0.411 e. The van der Waals surface area contributed by atoms with Crippen molar-refractivity contribution in [2.45, 2.75) is 20.0 Å². The maximum Gasteiger partial charge on any atom is 0.411 e. The van der Waals surface area contributed by atoms with Crippen LogP contribution in [0, 0.1) is 17.7 Å². The van der Waals surface area contributed by atoms with Gasteiger partial charge in [-0.3, -0.25) is 5.32 Å². The number of nitrogens with one attached hydrogen (secondary N) is 1. The van der Waals surface area contributed by atoms with Crippen molar-refractivity contribution in [3.05, 3.63) is 29.6 Å². The molecule has 0 aliphatic heterocycles. The van der Waals surface area contributed by atoms with Crippen LogP contribution in [0.3, 0.4) is 0 Å². The molecular formula is C13H14FNO3. The van der Waals surface area contributed by atoms with Gasteiger partial charge in [0.05, 0.1) is 11.8 Å². The number of ether oxygens (including phenoxy) is 1. The monoisotopic (exact) mass is 251 g/mol. The average molecular weight is 251 g/mol. The van der Waals surface area contributed by atoms with E-state index in [1.807, 2.05) is 0 Å². The number of aliphatic hydroxyl groups is 1. The number of carbonyl (C=O) groups is 1. The van der Waals surface area contributed by atoms with Gasteiger partial charge in [0.25, 0.3) is 0 Å². The van der Waals surface area contributed by atoms with E-state index in [9.17, 15) is 9.18 Å². The van der Waals surface area contributed by atoms with Crippen molar-refractivity contribution >= 4 is 11.8 Å². The van der Waals surface area contributed by atoms with Crippen LogP contribution in [0.2, 0.25) is 0 Å². The Morgan fingerprint density at radius 1 is 1.56 bits per heavy atom. The van der Waals surface area contributed by atoms with Crippen molar-refractivity contribution in [2.24, 2.45) is 0 Å². The summed E-state index contributed by atoms with van der Waals surface area (Å²) in [4.78, 5) is 11.3. The van der Waals surface area contributed by atoms with Gasteiger partial charge >= 0.3 is 6.09 Å². The Morgan fingerprint density at radius 2 is 2.28 bits per heavy atom. The normalized spacial score (nSPS) is 9.61. The van der Waals surface area contributed by atoms with Gasteiger partial charge in [0, 0.05) is 5.56 Å². The Labute approximate surface area is 105 Å². The minimum atomic E-state index is -0.710. The van der Waals surface area contributed by atoms with Crippen molar-refractivity contribution in [1.82, 2.24) is 0 Å². The third-order valence-electron chi connectivity index (χ3n) is 1.86. The number of rotatable bonds is 2. The first-order chi connectivity index (χ1) is 8.52. The van der Waals surface area contributed by atoms with E-state index in [0.717, 1.165) is 0 Å². The maximum absolute atomic E-state index is 13.6. The number of anilines is 1. The lowest BCUT2D eigenvalue weighted by molar-refractivity contribution is 0.130. The Bertz CT molecular complexity index is 489. The first-order valence-corrected chi connectivity index (χ1v) is 5.40. The fourth-order valence-electron chi connectivity index (χ4n) is 1.19. The van der Waals surface area contributed by atoms with Crippen LogP contribution in [0.4, 0.5) is 14.9 Å². The molecule has 0 bridgehead atoms. The van der Waals surface area contributed by atoms with Gasteiger partial charge in [0.15, 0.2) is 0 Å². The van der Waals surface area contributed by atoms with Gasteiger partial charge in [-0.05, 0) is 32.0 Å². The molecule has 1 aromatic rings. The number of benzene rings is 1. The van der Waals surface area contributed by atoms with Crippen LogP contribution in [0.15, 0.2) is 18.2 Å². The zero-order chi connectivity index (χ0) is 13.5. The van der Waals surface area contributed by atoms with Crippen LogP contribution in [-0.2, 0) is 4.74 Å². The van der Waals surface area contributed by atoms with Crippen LogP contribution in [-0.4, -0.2) is 23.9 Å². The molecule has 0 heterocycles. The Hall–Kier alpha value is -2.06. The van der Waals surface area contributed by atoms with Gasteiger partial charge in [-0.1, -0.05) is 11.8 Å². The number of amides is 1. The quantitative estimate of drug-likeness (QED) is 0.791. The van der Waals surface area contributed by atoms with E-state index in [0.29, 0.717) is 5.56 Å². The molecule has 0 aliphatic carbocycles. The molecule has 0 unspecified atom stereocenters. The number of aliphatic hydroxyl groups excluding tert-OH is 1. The van der Waals surface area contributed by atoms with E-state index < -0.39 is 11.9 Å². The summed E-state index contributed by atoms with van der Waals surface area (Å²) in [5, 5.41) is 10.8. The van der Waals surface area contributed by atoms with Gasteiger partial charge in [0.2, 0.25) is 0 Å². The number of halogens is 1. The largest absolute Gasteiger partial charge is 0.447 e. The van der Waals surface area contributed by atoms with E-state index >= 15 is 0 Å². The summed E-state index contributed by atoms with van der Waals surface area (Å²) in [6.07, 6.45) is -0.985. The van der Waals surface area contributed by atoms with Gasteiger partial charge in [-0.2, -0.15) is 0 Å². The Kier molecular flexibility index (Phi) is 5.15. The molecule has 0 atom stereocenters. The second-order valence-electron chi connectivity index (χ2n) is 3.73. The lowest BCUT2D eigenvalue weighted by atomic mass is 10.2. The molecule has 0 fully saturated rings. The molecule has 0 saturated heterocycles. The SMILES string of the molecule is CC(C)OC(=O)Nc1ccc(C#CCO)cc1F. The summed E-state index contributed by atoms with van der Waals surface area (Å²) in [7, 11) is 0. The van der Waals surface area contributed by atoms with Crippen LogP contribution in [0.5, 0.6) is 0 Å². The number of hydrogen-bond acceptors (Lipinski definition) is 3. The topological polar surface area (TPSA) is 58.6 Å². The van der Waals surface area contributed by atoms with Crippen LogP contribution < -0.4 is 5.32 Å². The average Bonchev–Trinajstić information content (AvgIpc) is 2.28. The summed E-state index contributed by atoms with van der Waals surface area (Å²) in [5.74, 6) is 4.36. The minimum absolute atomic E-state index is 0.0233. The summed E-state index contributed by atoms with van der Waals surface area (Å²) < 4.78 is 18.4. The third-order valence-corrected chi connectivity index (χ3v) is 1.86. The van der Waals surface area contributed by atoms with Gasteiger partial charge in [0.1, 0.15) is 12.4 Å². The molecule has 2 N–H and O–H groups in total. The second-order valence-corrected chi connectivity index (χ2v) is 3.73. The second kappa shape index (κ2) is 6.62. The number of carbonyl (C=O) groups excluding carboxylic acids is 1. The van der Waals surface area contributed by atoms with E-state index in [2.05, 4.69) is 17.2 Å². The molecule has 4 nitrogen and oxygen atoms in total. The van der Waals surface area contributed by atoms with Crippen molar-refractivity contribution in [3.8, 4) is 11.8 Å². The minimum Gasteiger partial charge on any atom is -0.447 e. The van der Waals surface area contributed by atoms with Gasteiger partial charge in [-0.15, -0.1) is 0 Å². The highest BCUT2D eigenvalue weighted by Gasteiger charge is 2.09. The predicted octanol–water partition coefficient (Wildman–Crippen LogP) is 2.13. The zero-order valence-corrected chi connectivity index (χ0v) is 10.2. The van der Waals surface area contributed by atoms with Crippen molar-refractivity contribution in [1.29, 1.82) is 0 Å². The molecule has 1 rings (SSSR count). The highest BCUT2D eigenvalue weighted by atomic mass is 19.1. The van der Waals surface area contributed by atoms with E-state index in [1.165, 1.54) is 18.2 Å². The molecule has 0 aliphatic rings. The number of hydrogen-bond donors (Lipinski definition) is 2. The molecular weight excluding hydrogens is 237 g/mol. The summed E-state index contributed by atoms with van der Waals surface area (Å²) >= 11 is 0. The van der Waals surface area contributed by atoms with Crippen LogP contribution in [0.25, 0.3) is 0 Å². The van der Waals surface area contributed by atoms with Crippen molar-refractivity contribution in [2.75, 3.05) is 11.9 Å². The summed E-state index contributed by atoms with van der Waals surface area (Å²) in [6, 6.07) is 4.10. The van der Waals surface area contributed by atoms with Crippen molar-refractivity contribution in [3.63, 3.8) is 0 Å². The zero-order valence-electron chi connectivity index (χ0n) is 10.2. The fourth-order valence-corrected chi connectivity index (χ4v) is 1.19.